The van der Waals surface area contributed by atoms with E-state index < -0.39 is 0 Å². The summed E-state index contributed by atoms with van der Waals surface area (Å²) in [4.78, 5) is 16.3. The summed E-state index contributed by atoms with van der Waals surface area (Å²) in [5, 5.41) is 19.7. The molecule has 7 nitrogen and oxygen atoms in total. The molecule has 144 valence electrons. The molecule has 0 fully saturated rings. The number of hydrogen-bond acceptors (Lipinski definition) is 4. The highest BCUT2D eigenvalue weighted by Gasteiger charge is 2.15. The summed E-state index contributed by atoms with van der Waals surface area (Å²) in [6.45, 7) is 4.95. The van der Waals surface area contributed by atoms with E-state index in [9.17, 15) is 10.1 Å². The number of nitrogens with zero attached hydrogens (tertiary/aromatic N) is 4. The third-order valence-electron chi connectivity index (χ3n) is 4.50. The van der Waals surface area contributed by atoms with Crippen molar-refractivity contribution in [2.24, 2.45) is 0 Å². The second-order valence-corrected chi connectivity index (χ2v) is 6.73. The minimum atomic E-state index is -0.181. The van der Waals surface area contributed by atoms with Gasteiger partial charge in [0.05, 0.1) is 5.69 Å². The monoisotopic (exact) mass is 376 g/mol. The van der Waals surface area contributed by atoms with Gasteiger partial charge in [-0.2, -0.15) is 10.4 Å². The van der Waals surface area contributed by atoms with Gasteiger partial charge in [0.25, 0.3) is 0 Å². The molecule has 3 rings (SSSR count). The Hall–Kier alpha value is -3.40. The van der Waals surface area contributed by atoms with Gasteiger partial charge in [0.2, 0.25) is 0 Å². The largest absolute Gasteiger partial charge is 0.338 e. The smallest absolute Gasteiger partial charge is 0.314 e. The number of carbonyl (C=O) groups is 1. The van der Waals surface area contributed by atoms with Crippen LogP contribution >= 0.6 is 0 Å². The Balaban J connectivity index is 1.47. The van der Waals surface area contributed by atoms with Gasteiger partial charge in [-0.25, -0.2) is 14.3 Å². The Morgan fingerprint density at radius 3 is 2.64 bits per heavy atom. The van der Waals surface area contributed by atoms with Gasteiger partial charge in [0.15, 0.2) is 5.65 Å². The second kappa shape index (κ2) is 9.00. The zero-order valence-corrected chi connectivity index (χ0v) is 16.2. The van der Waals surface area contributed by atoms with E-state index in [0.29, 0.717) is 37.1 Å². The molecule has 1 aromatic carbocycles. The Bertz CT molecular complexity index is 1000. The first-order valence-corrected chi connectivity index (χ1v) is 9.40. The van der Waals surface area contributed by atoms with Gasteiger partial charge in [-0.05, 0) is 44.7 Å². The zero-order valence-electron chi connectivity index (χ0n) is 16.2. The summed E-state index contributed by atoms with van der Waals surface area (Å²) < 4.78 is 1.71. The number of nitriles is 1. The molecule has 0 saturated carbocycles. The minimum Gasteiger partial charge on any atom is -0.338 e. The quantitative estimate of drug-likeness (QED) is 0.620. The van der Waals surface area contributed by atoms with Gasteiger partial charge < -0.3 is 10.6 Å². The molecule has 0 bridgehead atoms. The average molecular weight is 376 g/mol. The van der Waals surface area contributed by atoms with Gasteiger partial charge in [-0.1, -0.05) is 30.3 Å². The van der Waals surface area contributed by atoms with Crippen molar-refractivity contribution in [1.29, 1.82) is 5.26 Å². The third-order valence-corrected chi connectivity index (χ3v) is 4.50. The Kier molecular flexibility index (Phi) is 6.22. The predicted molar refractivity (Wildman–Crippen MR) is 107 cm³/mol. The summed E-state index contributed by atoms with van der Waals surface area (Å²) in [7, 11) is 0. The molecular formula is C21H24N6O. The van der Waals surface area contributed by atoms with Crippen LogP contribution < -0.4 is 10.6 Å². The lowest BCUT2D eigenvalue weighted by Crippen LogP contribution is -2.37. The highest BCUT2D eigenvalue weighted by atomic mass is 16.2. The van der Waals surface area contributed by atoms with Crippen LogP contribution in [0.25, 0.3) is 5.65 Å². The molecule has 0 spiro atoms. The number of carbonyl (C=O) groups excluding carboxylic acids is 1. The fourth-order valence-corrected chi connectivity index (χ4v) is 3.14. The van der Waals surface area contributed by atoms with Crippen molar-refractivity contribution in [2.75, 3.05) is 13.1 Å². The lowest BCUT2D eigenvalue weighted by molar-refractivity contribution is 0.241. The van der Waals surface area contributed by atoms with Crippen molar-refractivity contribution < 1.29 is 4.79 Å². The van der Waals surface area contributed by atoms with E-state index in [1.54, 1.807) is 4.52 Å². The number of urea groups is 1. The molecule has 2 amide bonds. The maximum atomic E-state index is 11.9. The normalized spacial score (nSPS) is 10.6. The number of amides is 2. The van der Waals surface area contributed by atoms with Crippen molar-refractivity contribution in [3.05, 3.63) is 64.6 Å². The Labute approximate surface area is 164 Å². The van der Waals surface area contributed by atoms with Crippen LogP contribution in [0.2, 0.25) is 0 Å². The topological polar surface area (TPSA) is 95.1 Å². The molecule has 0 saturated heterocycles. The molecule has 2 aromatic heterocycles. The van der Waals surface area contributed by atoms with Crippen molar-refractivity contribution in [2.45, 2.75) is 33.1 Å². The van der Waals surface area contributed by atoms with Crippen molar-refractivity contribution in [3.63, 3.8) is 0 Å². The molecule has 0 atom stereocenters. The van der Waals surface area contributed by atoms with Crippen LogP contribution in [0.3, 0.4) is 0 Å². The van der Waals surface area contributed by atoms with Gasteiger partial charge in [-0.3, -0.25) is 0 Å². The highest BCUT2D eigenvalue weighted by molar-refractivity contribution is 5.73. The van der Waals surface area contributed by atoms with Crippen molar-refractivity contribution in [3.8, 4) is 6.07 Å². The summed E-state index contributed by atoms with van der Waals surface area (Å²) in [6, 6.07) is 14.0. The summed E-state index contributed by atoms with van der Waals surface area (Å²) >= 11 is 0. The SMILES string of the molecule is Cc1cc(C)n2nc(CCCNC(=O)NCCc3ccccc3)c(C#N)c2n1. The number of rotatable bonds is 7. The molecule has 3 aromatic rings. The van der Waals surface area contributed by atoms with Crippen LogP contribution in [-0.2, 0) is 12.8 Å². The highest BCUT2D eigenvalue weighted by Crippen LogP contribution is 2.17. The summed E-state index contributed by atoms with van der Waals surface area (Å²) in [5.74, 6) is 0. The van der Waals surface area contributed by atoms with E-state index in [2.05, 4.69) is 26.8 Å². The first kappa shape index (κ1) is 19.4. The number of hydrogen-bond donors (Lipinski definition) is 2. The van der Waals surface area contributed by atoms with E-state index in [4.69, 9.17) is 0 Å². The standard InChI is InChI=1S/C21H24N6O/c1-15-13-16(2)27-20(25-15)18(14-22)19(26-27)9-6-11-23-21(28)24-12-10-17-7-4-3-5-8-17/h3-5,7-8,13H,6,9-12H2,1-2H3,(H2,23,24,28). The average Bonchev–Trinajstić information content (AvgIpc) is 3.04. The maximum absolute atomic E-state index is 11.9. The molecule has 0 aliphatic rings. The minimum absolute atomic E-state index is 0.181. The number of benzene rings is 1. The maximum Gasteiger partial charge on any atom is 0.314 e. The fraction of sp³-hybridized carbons (Fsp3) is 0.333. The first-order valence-electron chi connectivity index (χ1n) is 9.40. The molecule has 2 heterocycles. The molecule has 0 aliphatic heterocycles. The van der Waals surface area contributed by atoms with Crippen LogP contribution in [0.1, 0.15) is 34.6 Å². The molecule has 0 aliphatic carbocycles. The van der Waals surface area contributed by atoms with Crippen LogP contribution in [0.15, 0.2) is 36.4 Å². The van der Waals surface area contributed by atoms with E-state index in [0.717, 1.165) is 23.5 Å². The van der Waals surface area contributed by atoms with E-state index in [1.807, 2.05) is 50.2 Å². The van der Waals surface area contributed by atoms with Crippen molar-refractivity contribution >= 4 is 11.7 Å². The number of fused-ring (bicyclic) bond motifs is 1. The first-order chi connectivity index (χ1) is 13.6. The van der Waals surface area contributed by atoms with E-state index in [1.165, 1.54) is 5.56 Å². The molecule has 0 unspecified atom stereocenters. The van der Waals surface area contributed by atoms with E-state index >= 15 is 0 Å². The molecular weight excluding hydrogens is 352 g/mol. The van der Waals surface area contributed by atoms with Gasteiger partial charge in [0, 0.05) is 24.5 Å². The van der Waals surface area contributed by atoms with Crippen LogP contribution in [-0.4, -0.2) is 33.7 Å². The Morgan fingerprint density at radius 1 is 1.14 bits per heavy atom. The number of aryl methyl sites for hydroxylation is 3. The molecule has 0 radical (unpaired) electrons. The lowest BCUT2D eigenvalue weighted by atomic mass is 10.1. The van der Waals surface area contributed by atoms with Crippen LogP contribution in [0.5, 0.6) is 0 Å². The van der Waals surface area contributed by atoms with Gasteiger partial charge in [0.1, 0.15) is 11.6 Å². The fourth-order valence-electron chi connectivity index (χ4n) is 3.14. The Morgan fingerprint density at radius 2 is 1.89 bits per heavy atom. The predicted octanol–water partition coefficient (Wildman–Crippen LogP) is 2.69. The molecule has 2 N–H and O–H groups in total. The van der Waals surface area contributed by atoms with Gasteiger partial charge in [-0.15, -0.1) is 0 Å². The zero-order chi connectivity index (χ0) is 19.9. The lowest BCUT2D eigenvalue weighted by Gasteiger charge is -2.07. The second-order valence-electron chi connectivity index (χ2n) is 6.73. The molecule has 28 heavy (non-hydrogen) atoms. The number of aromatic nitrogens is 3. The third kappa shape index (κ3) is 4.65. The van der Waals surface area contributed by atoms with Gasteiger partial charge >= 0.3 is 6.03 Å². The van der Waals surface area contributed by atoms with Crippen LogP contribution in [0, 0.1) is 25.2 Å². The summed E-state index contributed by atoms with van der Waals surface area (Å²) in [5.41, 5.74) is 4.83. The van der Waals surface area contributed by atoms with E-state index in [-0.39, 0.29) is 6.03 Å². The summed E-state index contributed by atoms with van der Waals surface area (Å²) in [6.07, 6.45) is 2.10. The molecule has 7 heteroatoms. The van der Waals surface area contributed by atoms with Crippen molar-refractivity contribution in [1.82, 2.24) is 25.2 Å². The number of nitrogens with one attached hydrogen (secondary N) is 2. The van der Waals surface area contributed by atoms with Crippen LogP contribution in [0.4, 0.5) is 4.79 Å².